The van der Waals surface area contributed by atoms with Crippen LogP contribution in [0.5, 0.6) is 0 Å². The largest absolute Gasteiger partial charge is 0.283 e. The first-order valence-electron chi connectivity index (χ1n) is 9.35. The number of nitrogens with one attached hydrogen (secondary N) is 1. The van der Waals surface area contributed by atoms with Gasteiger partial charge in [0.1, 0.15) is 5.04 Å². The molecule has 4 rings (SSSR count). The summed E-state index contributed by atoms with van der Waals surface area (Å²) in [5.41, 5.74) is 1.14. The summed E-state index contributed by atoms with van der Waals surface area (Å²) < 4.78 is 0.971. The molecule has 0 spiro atoms. The maximum absolute atomic E-state index is 12.4. The Labute approximate surface area is 171 Å². The third kappa shape index (κ3) is 4.24. The fourth-order valence-electron chi connectivity index (χ4n) is 3.66. The summed E-state index contributed by atoms with van der Waals surface area (Å²) in [5, 5.41) is 16.0. The maximum Gasteiger partial charge on any atom is 0.283 e. The van der Waals surface area contributed by atoms with Gasteiger partial charge in [0.25, 0.3) is 5.91 Å². The number of benzene rings is 1. The Hall–Kier alpha value is -1.73. The molecule has 0 aromatic heterocycles. The van der Waals surface area contributed by atoms with E-state index in [1.807, 2.05) is 24.3 Å². The van der Waals surface area contributed by atoms with E-state index in [0.29, 0.717) is 5.17 Å². The molecule has 1 aromatic carbocycles. The molecule has 7 heteroatoms. The van der Waals surface area contributed by atoms with Gasteiger partial charge in [0.05, 0.1) is 5.57 Å². The van der Waals surface area contributed by atoms with Gasteiger partial charge >= 0.3 is 0 Å². The summed E-state index contributed by atoms with van der Waals surface area (Å²) in [4.78, 5) is 16.6. The summed E-state index contributed by atoms with van der Waals surface area (Å²) in [7, 11) is 0. The first-order valence-corrected chi connectivity index (χ1v) is 11.0. The smallest absolute Gasteiger partial charge is 0.282 e. The zero-order valence-electron chi connectivity index (χ0n) is 14.9. The van der Waals surface area contributed by atoms with Crippen molar-refractivity contribution in [2.24, 2.45) is 16.0 Å². The zero-order valence-corrected chi connectivity index (χ0v) is 17.4. The SMILES string of the molecule is N=C1/C(=C\c2ccc(Br)cc2)C(=O)N=C2SC(CCC3CCCCC3)=NN12. The lowest BCUT2D eigenvalue weighted by molar-refractivity contribution is -0.114. The Balaban J connectivity index is 1.48. The molecule has 0 unspecified atom stereocenters. The molecule has 140 valence electrons. The van der Waals surface area contributed by atoms with Crippen LogP contribution < -0.4 is 0 Å². The van der Waals surface area contributed by atoms with Crippen LogP contribution in [0.1, 0.15) is 50.5 Å². The molecule has 1 fully saturated rings. The van der Waals surface area contributed by atoms with E-state index in [1.165, 1.54) is 48.9 Å². The average molecular weight is 445 g/mol. The number of carbonyl (C=O) groups excluding carboxylic acids is 1. The van der Waals surface area contributed by atoms with E-state index in [1.54, 1.807) is 6.08 Å². The third-order valence-corrected chi connectivity index (χ3v) is 6.67. The number of thioether (sulfide) groups is 1. The molecule has 0 saturated heterocycles. The Morgan fingerprint density at radius 2 is 1.96 bits per heavy atom. The Kier molecular flexibility index (Phi) is 5.59. The van der Waals surface area contributed by atoms with Gasteiger partial charge in [0, 0.05) is 4.47 Å². The summed E-state index contributed by atoms with van der Waals surface area (Å²) in [6.45, 7) is 0. The van der Waals surface area contributed by atoms with Gasteiger partial charge in [-0.3, -0.25) is 10.2 Å². The van der Waals surface area contributed by atoms with Gasteiger partial charge in [-0.2, -0.15) is 15.1 Å². The van der Waals surface area contributed by atoms with Crippen LogP contribution in [0, 0.1) is 11.3 Å². The molecular weight excluding hydrogens is 424 g/mol. The highest BCUT2D eigenvalue weighted by atomic mass is 79.9. The van der Waals surface area contributed by atoms with Gasteiger partial charge < -0.3 is 0 Å². The van der Waals surface area contributed by atoms with Crippen molar-refractivity contribution in [2.75, 3.05) is 0 Å². The quantitative estimate of drug-likeness (QED) is 0.629. The minimum absolute atomic E-state index is 0.105. The number of halogens is 1. The number of carbonyl (C=O) groups is 1. The van der Waals surface area contributed by atoms with Crippen molar-refractivity contribution < 1.29 is 4.79 Å². The van der Waals surface area contributed by atoms with Gasteiger partial charge in [0.2, 0.25) is 5.17 Å². The van der Waals surface area contributed by atoms with Crippen LogP contribution in [0.25, 0.3) is 6.08 Å². The van der Waals surface area contributed by atoms with Crippen molar-refractivity contribution in [1.29, 1.82) is 5.41 Å². The van der Waals surface area contributed by atoms with Gasteiger partial charge in [-0.05, 0) is 54.3 Å². The van der Waals surface area contributed by atoms with Crippen LogP contribution in [0.4, 0.5) is 0 Å². The molecule has 3 aliphatic rings. The van der Waals surface area contributed by atoms with Crippen molar-refractivity contribution in [3.8, 4) is 0 Å². The highest BCUT2D eigenvalue weighted by Crippen LogP contribution is 2.33. The monoisotopic (exact) mass is 444 g/mol. The number of hydrogen-bond acceptors (Lipinski definition) is 4. The van der Waals surface area contributed by atoms with Gasteiger partial charge in [-0.1, -0.05) is 60.2 Å². The lowest BCUT2D eigenvalue weighted by atomic mass is 9.86. The first-order chi connectivity index (χ1) is 13.1. The topological polar surface area (TPSA) is 68.9 Å². The van der Waals surface area contributed by atoms with Crippen molar-refractivity contribution >= 4 is 55.7 Å². The van der Waals surface area contributed by atoms with Crippen molar-refractivity contribution in [1.82, 2.24) is 5.01 Å². The average Bonchev–Trinajstić information content (AvgIpc) is 3.09. The third-order valence-electron chi connectivity index (χ3n) is 5.17. The summed E-state index contributed by atoms with van der Waals surface area (Å²) in [5.74, 6) is 0.522. The number of amides is 1. The summed E-state index contributed by atoms with van der Waals surface area (Å²) >= 11 is 4.83. The van der Waals surface area contributed by atoms with Gasteiger partial charge in [-0.15, -0.1) is 0 Å². The number of rotatable bonds is 4. The second-order valence-corrected chi connectivity index (χ2v) is 9.06. The number of hydrazone groups is 1. The fraction of sp³-hybridized carbons (Fsp3) is 0.400. The van der Waals surface area contributed by atoms with E-state index in [0.717, 1.165) is 33.8 Å². The fourth-order valence-corrected chi connectivity index (χ4v) is 4.83. The molecule has 0 bridgehead atoms. The molecule has 2 heterocycles. The molecule has 0 radical (unpaired) electrons. The molecule has 1 aromatic rings. The van der Waals surface area contributed by atoms with Gasteiger partial charge in [-0.25, -0.2) is 0 Å². The number of amidine groups is 2. The lowest BCUT2D eigenvalue weighted by Gasteiger charge is -2.20. The zero-order chi connectivity index (χ0) is 18.8. The number of fused-ring (bicyclic) bond motifs is 1. The first kappa shape index (κ1) is 18.6. The van der Waals surface area contributed by atoms with Crippen LogP contribution in [-0.4, -0.2) is 27.0 Å². The Morgan fingerprint density at radius 3 is 2.70 bits per heavy atom. The molecule has 1 amide bonds. The lowest BCUT2D eigenvalue weighted by Crippen LogP contribution is -2.35. The summed E-state index contributed by atoms with van der Waals surface area (Å²) in [6, 6.07) is 7.61. The van der Waals surface area contributed by atoms with E-state index >= 15 is 0 Å². The van der Waals surface area contributed by atoms with Crippen molar-refractivity contribution in [3.63, 3.8) is 0 Å². The van der Waals surface area contributed by atoms with Crippen LogP contribution in [0.3, 0.4) is 0 Å². The second kappa shape index (κ2) is 8.10. The second-order valence-electron chi connectivity index (χ2n) is 7.11. The van der Waals surface area contributed by atoms with Crippen LogP contribution in [0.15, 0.2) is 44.4 Å². The number of aliphatic imine (C=N–C) groups is 1. The molecule has 2 aliphatic heterocycles. The number of nitrogens with zero attached hydrogens (tertiary/aromatic N) is 3. The Bertz CT molecular complexity index is 853. The minimum atomic E-state index is -0.370. The van der Waals surface area contributed by atoms with E-state index in [2.05, 4.69) is 26.0 Å². The van der Waals surface area contributed by atoms with Crippen molar-refractivity contribution in [2.45, 2.75) is 44.9 Å². The van der Waals surface area contributed by atoms with Gasteiger partial charge in [0.15, 0.2) is 5.84 Å². The molecular formula is C20H21BrN4OS. The summed E-state index contributed by atoms with van der Waals surface area (Å²) in [6.07, 6.45) is 10.4. The standard InChI is InChI=1S/C20H21BrN4OS/c21-15-9-6-14(7-10-15)12-16-18(22)25-20(23-19(16)26)27-17(24-25)11-8-13-4-2-1-3-5-13/h6-7,9-10,12-13,22H,1-5,8,11H2/b16-12+,22-18?. The van der Waals surface area contributed by atoms with E-state index in [4.69, 9.17) is 5.41 Å². The molecule has 0 atom stereocenters. The Morgan fingerprint density at radius 1 is 1.22 bits per heavy atom. The van der Waals surface area contributed by atoms with E-state index in [9.17, 15) is 4.79 Å². The van der Waals surface area contributed by atoms with Crippen LogP contribution in [0.2, 0.25) is 0 Å². The van der Waals surface area contributed by atoms with E-state index in [-0.39, 0.29) is 17.3 Å². The molecule has 1 N–H and O–H groups in total. The molecule has 1 aliphatic carbocycles. The van der Waals surface area contributed by atoms with Crippen LogP contribution in [-0.2, 0) is 4.79 Å². The molecule has 1 saturated carbocycles. The van der Waals surface area contributed by atoms with Crippen LogP contribution >= 0.6 is 27.7 Å². The van der Waals surface area contributed by atoms with E-state index < -0.39 is 0 Å². The normalized spacial score (nSPS) is 22.1. The minimum Gasteiger partial charge on any atom is -0.282 e. The highest BCUT2D eigenvalue weighted by Gasteiger charge is 2.35. The number of hydrogen-bond donors (Lipinski definition) is 1. The molecule has 27 heavy (non-hydrogen) atoms. The van der Waals surface area contributed by atoms with Crippen molar-refractivity contribution in [3.05, 3.63) is 39.9 Å². The molecule has 5 nitrogen and oxygen atoms in total. The predicted octanol–water partition coefficient (Wildman–Crippen LogP) is 5.43. The maximum atomic E-state index is 12.4. The highest BCUT2D eigenvalue weighted by molar-refractivity contribution is 9.10. The predicted molar refractivity (Wildman–Crippen MR) is 115 cm³/mol.